The average Bonchev–Trinajstić information content (AvgIpc) is 3.53. The van der Waals surface area contributed by atoms with Gasteiger partial charge in [-0.1, -0.05) is 48.0 Å². The molecule has 0 unspecified atom stereocenters. The zero-order valence-corrected chi connectivity index (χ0v) is 22.3. The molecule has 0 aliphatic rings. The molecule has 0 spiro atoms. The molecule has 39 heavy (non-hydrogen) atoms. The van der Waals surface area contributed by atoms with Crippen molar-refractivity contribution in [3.63, 3.8) is 0 Å². The molecule has 9 heteroatoms. The quantitative estimate of drug-likeness (QED) is 0.253. The summed E-state index contributed by atoms with van der Waals surface area (Å²) in [6.07, 6.45) is 3.34. The van der Waals surface area contributed by atoms with E-state index in [2.05, 4.69) is 15.0 Å². The first kappa shape index (κ1) is 24.6. The molecule has 0 amide bonds. The van der Waals surface area contributed by atoms with Gasteiger partial charge in [-0.3, -0.25) is 9.10 Å². The summed E-state index contributed by atoms with van der Waals surface area (Å²) in [5.74, 6) is 0.423. The van der Waals surface area contributed by atoms with Gasteiger partial charge in [0.1, 0.15) is 17.7 Å². The largest absolute Gasteiger partial charge is 0.455 e. The minimum Gasteiger partial charge on any atom is -0.455 e. The highest BCUT2D eigenvalue weighted by molar-refractivity contribution is 7.92. The first-order valence-electron chi connectivity index (χ1n) is 12.2. The molecular formula is C30H24N4O4S. The van der Waals surface area contributed by atoms with Gasteiger partial charge in [0, 0.05) is 40.5 Å². The maximum absolute atomic E-state index is 12.6. The van der Waals surface area contributed by atoms with Crippen molar-refractivity contribution >= 4 is 43.9 Å². The van der Waals surface area contributed by atoms with Crippen LogP contribution in [0.25, 0.3) is 55.8 Å². The van der Waals surface area contributed by atoms with Crippen LogP contribution in [0.4, 0.5) is 5.69 Å². The SMILES string of the molecule is Cc1ccc(-c2oc3cc(N(C)S(C)(=O)=O)c(-c4cc(-c5cc6ccccc6[nH]5)ncn4)cc3c2C=O)cc1. The molecule has 3 heterocycles. The number of nitrogens with zero attached hydrogens (tertiary/aromatic N) is 3. The van der Waals surface area contributed by atoms with Crippen molar-refractivity contribution in [2.75, 3.05) is 17.6 Å². The number of carbonyl (C=O) groups is 1. The lowest BCUT2D eigenvalue weighted by atomic mass is 10.0. The fourth-order valence-electron chi connectivity index (χ4n) is 4.70. The molecular weight excluding hydrogens is 512 g/mol. The number of aromatic nitrogens is 3. The highest BCUT2D eigenvalue weighted by atomic mass is 32.2. The first-order valence-corrected chi connectivity index (χ1v) is 14.0. The molecule has 0 fully saturated rings. The van der Waals surface area contributed by atoms with Crippen LogP contribution in [0.5, 0.6) is 0 Å². The number of aldehydes is 1. The summed E-state index contributed by atoms with van der Waals surface area (Å²) in [7, 11) is -2.15. The minimum absolute atomic E-state index is 0.368. The summed E-state index contributed by atoms with van der Waals surface area (Å²) in [6, 6.07) is 22.8. The van der Waals surface area contributed by atoms with E-state index in [1.165, 1.54) is 17.7 Å². The summed E-state index contributed by atoms with van der Waals surface area (Å²) in [6.45, 7) is 1.98. The molecule has 0 aliphatic heterocycles. The number of sulfonamides is 1. The topological polar surface area (TPSA) is 109 Å². The van der Waals surface area contributed by atoms with Crippen molar-refractivity contribution in [3.8, 4) is 34.0 Å². The molecule has 3 aromatic heterocycles. The third-order valence-corrected chi connectivity index (χ3v) is 8.05. The van der Waals surface area contributed by atoms with Gasteiger partial charge in [-0.25, -0.2) is 18.4 Å². The Balaban J connectivity index is 1.58. The van der Waals surface area contributed by atoms with E-state index in [1.54, 1.807) is 18.2 Å². The molecule has 0 atom stereocenters. The van der Waals surface area contributed by atoms with Gasteiger partial charge < -0.3 is 9.40 Å². The number of rotatable bonds is 6. The molecule has 0 saturated carbocycles. The standard InChI is InChI=1S/C30H24N4O4S/c1-18-8-10-19(11-9-18)30-23(16-35)21-13-22(28(15-29(21)38-30)34(2)39(3,36)37)25-14-26(32-17-31-25)27-12-20-6-4-5-7-24(20)33-27/h4-17,33H,1-3H3. The predicted molar refractivity (Wildman–Crippen MR) is 153 cm³/mol. The van der Waals surface area contributed by atoms with Gasteiger partial charge in [0.05, 0.1) is 34.6 Å². The van der Waals surface area contributed by atoms with Crippen LogP contribution in [0.2, 0.25) is 0 Å². The Kier molecular flexibility index (Phi) is 5.80. The number of fused-ring (bicyclic) bond motifs is 2. The third kappa shape index (κ3) is 4.36. The number of furan rings is 1. The number of nitrogens with one attached hydrogen (secondary N) is 1. The molecule has 6 aromatic rings. The van der Waals surface area contributed by atoms with E-state index in [9.17, 15) is 13.2 Å². The Morgan fingerprint density at radius 3 is 2.41 bits per heavy atom. The summed E-state index contributed by atoms with van der Waals surface area (Å²) in [5.41, 5.74) is 6.43. The highest BCUT2D eigenvalue weighted by Crippen LogP contribution is 2.40. The van der Waals surface area contributed by atoms with Crippen LogP contribution in [0, 0.1) is 6.92 Å². The normalized spacial score (nSPS) is 11.8. The molecule has 0 saturated heterocycles. The minimum atomic E-state index is -3.63. The molecule has 8 nitrogen and oxygen atoms in total. The van der Waals surface area contributed by atoms with E-state index >= 15 is 0 Å². The average molecular weight is 537 g/mol. The Morgan fingerprint density at radius 2 is 1.69 bits per heavy atom. The van der Waals surface area contributed by atoms with Gasteiger partial charge in [0.25, 0.3) is 0 Å². The summed E-state index contributed by atoms with van der Waals surface area (Å²) >= 11 is 0. The lowest BCUT2D eigenvalue weighted by molar-refractivity contribution is 0.112. The van der Waals surface area contributed by atoms with E-state index in [0.717, 1.165) is 40.3 Å². The highest BCUT2D eigenvalue weighted by Gasteiger charge is 2.24. The predicted octanol–water partition coefficient (Wildman–Crippen LogP) is 6.22. The molecule has 0 radical (unpaired) electrons. The maximum atomic E-state index is 12.6. The number of anilines is 1. The van der Waals surface area contributed by atoms with Gasteiger partial charge >= 0.3 is 0 Å². The Hall–Kier alpha value is -4.76. The van der Waals surface area contributed by atoms with Gasteiger partial charge in [0.2, 0.25) is 10.0 Å². The fraction of sp³-hybridized carbons (Fsp3) is 0.100. The number of carbonyl (C=O) groups excluding carboxylic acids is 1. The lowest BCUT2D eigenvalue weighted by Gasteiger charge is -2.20. The van der Waals surface area contributed by atoms with E-state index in [1.807, 2.05) is 61.5 Å². The number of aromatic amines is 1. The van der Waals surface area contributed by atoms with Crippen molar-refractivity contribution in [3.05, 3.63) is 90.3 Å². The maximum Gasteiger partial charge on any atom is 0.232 e. The second-order valence-electron chi connectivity index (χ2n) is 9.48. The fourth-order valence-corrected chi connectivity index (χ4v) is 5.20. The van der Waals surface area contributed by atoms with Crippen molar-refractivity contribution < 1.29 is 17.6 Å². The molecule has 0 bridgehead atoms. The molecule has 6 rings (SSSR count). The number of hydrogen-bond donors (Lipinski definition) is 1. The van der Waals surface area contributed by atoms with Crippen LogP contribution in [0.1, 0.15) is 15.9 Å². The molecule has 194 valence electrons. The number of aryl methyl sites for hydroxylation is 1. The monoisotopic (exact) mass is 536 g/mol. The van der Waals surface area contributed by atoms with Gasteiger partial charge in [0.15, 0.2) is 6.29 Å². The Labute approximate surface area is 225 Å². The smallest absolute Gasteiger partial charge is 0.232 e. The second-order valence-corrected chi connectivity index (χ2v) is 11.5. The molecule has 3 aromatic carbocycles. The van der Waals surface area contributed by atoms with E-state index < -0.39 is 10.0 Å². The second kappa shape index (κ2) is 9.21. The number of H-pyrrole nitrogens is 1. The van der Waals surface area contributed by atoms with E-state index in [4.69, 9.17) is 4.42 Å². The van der Waals surface area contributed by atoms with Crippen LogP contribution >= 0.6 is 0 Å². The molecule has 1 N–H and O–H groups in total. The van der Waals surface area contributed by atoms with Crippen molar-refractivity contribution in [1.82, 2.24) is 15.0 Å². The van der Waals surface area contributed by atoms with E-state index in [0.29, 0.717) is 44.9 Å². The van der Waals surface area contributed by atoms with Crippen LogP contribution in [-0.4, -0.2) is 43.0 Å². The zero-order valence-electron chi connectivity index (χ0n) is 21.5. The molecule has 0 aliphatic carbocycles. The zero-order chi connectivity index (χ0) is 27.3. The number of para-hydroxylation sites is 1. The summed E-state index contributed by atoms with van der Waals surface area (Å²) in [4.78, 5) is 24.6. The third-order valence-electron chi connectivity index (χ3n) is 6.86. The number of benzene rings is 3. The van der Waals surface area contributed by atoms with Crippen LogP contribution < -0.4 is 4.31 Å². The van der Waals surface area contributed by atoms with Crippen LogP contribution in [0.3, 0.4) is 0 Å². The van der Waals surface area contributed by atoms with Crippen molar-refractivity contribution in [1.29, 1.82) is 0 Å². The van der Waals surface area contributed by atoms with Crippen molar-refractivity contribution in [2.24, 2.45) is 0 Å². The summed E-state index contributed by atoms with van der Waals surface area (Å²) < 4.78 is 32.6. The number of hydrogen-bond acceptors (Lipinski definition) is 6. The van der Waals surface area contributed by atoms with Gasteiger partial charge in [-0.05, 0) is 31.2 Å². The van der Waals surface area contributed by atoms with Gasteiger partial charge in [-0.2, -0.15) is 0 Å². The summed E-state index contributed by atoms with van der Waals surface area (Å²) in [5, 5.41) is 1.61. The van der Waals surface area contributed by atoms with Crippen molar-refractivity contribution in [2.45, 2.75) is 6.92 Å². The van der Waals surface area contributed by atoms with E-state index in [-0.39, 0.29) is 0 Å². The van der Waals surface area contributed by atoms with Gasteiger partial charge in [-0.15, -0.1) is 0 Å². The lowest BCUT2D eigenvalue weighted by Crippen LogP contribution is -2.25. The van der Waals surface area contributed by atoms with Crippen LogP contribution in [-0.2, 0) is 10.0 Å². The first-order chi connectivity index (χ1) is 18.7. The Bertz CT molecular complexity index is 1960. The van der Waals surface area contributed by atoms with Crippen LogP contribution in [0.15, 0.2) is 83.5 Å². The Morgan fingerprint density at radius 1 is 0.949 bits per heavy atom.